The molecule has 22 heavy (non-hydrogen) atoms. The van der Waals surface area contributed by atoms with Gasteiger partial charge in [-0.1, -0.05) is 23.2 Å². The third-order valence-corrected chi connectivity index (χ3v) is 5.14. The first-order valence-electron chi connectivity index (χ1n) is 7.07. The van der Waals surface area contributed by atoms with Crippen molar-refractivity contribution in [2.75, 3.05) is 5.32 Å². The lowest BCUT2D eigenvalue weighted by Crippen LogP contribution is -2.17. The molecular weight excluding hydrogens is 317 g/mol. The van der Waals surface area contributed by atoms with Crippen LogP contribution in [-0.2, 0) is 0 Å². The molecule has 0 atom stereocenters. The zero-order chi connectivity index (χ0) is 16.6. The van der Waals surface area contributed by atoms with Crippen molar-refractivity contribution in [2.24, 2.45) is 0 Å². The Morgan fingerprint density at radius 2 is 1.32 bits per heavy atom. The number of benzene rings is 2. The third-order valence-electron chi connectivity index (χ3n) is 4.40. The molecule has 116 valence electrons. The highest BCUT2D eigenvalue weighted by atomic mass is 35.5. The van der Waals surface area contributed by atoms with E-state index in [1.807, 2.05) is 27.7 Å². The van der Waals surface area contributed by atoms with Gasteiger partial charge in [0.2, 0.25) is 0 Å². The normalized spacial score (nSPS) is 10.7. The maximum Gasteiger partial charge on any atom is 0.256 e. The van der Waals surface area contributed by atoms with Crippen LogP contribution in [-0.4, -0.2) is 5.91 Å². The number of nitrogens with one attached hydrogen (secondary N) is 1. The lowest BCUT2D eigenvalue weighted by atomic mass is 9.89. The number of hydrogen-bond acceptors (Lipinski definition) is 1. The third kappa shape index (κ3) is 2.99. The predicted molar refractivity (Wildman–Crippen MR) is 94.5 cm³/mol. The van der Waals surface area contributed by atoms with Crippen molar-refractivity contribution in [1.82, 2.24) is 0 Å². The molecule has 2 aromatic rings. The second kappa shape index (κ2) is 6.31. The molecule has 2 aromatic carbocycles. The summed E-state index contributed by atoms with van der Waals surface area (Å²) in [5.41, 5.74) is 6.93. The van der Waals surface area contributed by atoms with Gasteiger partial charge in [-0.25, -0.2) is 0 Å². The van der Waals surface area contributed by atoms with Gasteiger partial charge in [0.05, 0.1) is 10.0 Å². The van der Waals surface area contributed by atoms with E-state index in [1.165, 1.54) is 5.56 Å². The smallest absolute Gasteiger partial charge is 0.256 e. The molecule has 0 spiro atoms. The van der Waals surface area contributed by atoms with Crippen LogP contribution in [0.5, 0.6) is 0 Å². The van der Waals surface area contributed by atoms with Gasteiger partial charge < -0.3 is 5.32 Å². The number of halogens is 2. The summed E-state index contributed by atoms with van der Waals surface area (Å²) in [7, 11) is 0. The highest BCUT2D eigenvalue weighted by Gasteiger charge is 2.18. The first-order chi connectivity index (χ1) is 10.2. The van der Waals surface area contributed by atoms with Crippen LogP contribution in [0.3, 0.4) is 0 Å². The summed E-state index contributed by atoms with van der Waals surface area (Å²) in [6.45, 7) is 10.2. The molecule has 0 saturated heterocycles. The minimum absolute atomic E-state index is 0.125. The minimum atomic E-state index is -0.125. The zero-order valence-corrected chi connectivity index (χ0v) is 14.9. The van der Waals surface area contributed by atoms with Crippen LogP contribution in [0.25, 0.3) is 0 Å². The average molecular weight is 336 g/mol. The molecule has 0 unspecified atom stereocenters. The second-order valence-corrected chi connectivity index (χ2v) is 6.40. The summed E-state index contributed by atoms with van der Waals surface area (Å²) in [6, 6.07) is 5.07. The monoisotopic (exact) mass is 335 g/mol. The van der Waals surface area contributed by atoms with Crippen molar-refractivity contribution < 1.29 is 4.79 Å². The molecule has 2 rings (SSSR count). The summed E-state index contributed by atoms with van der Waals surface area (Å²) in [4.78, 5) is 12.7. The van der Waals surface area contributed by atoms with E-state index in [9.17, 15) is 4.79 Å². The molecule has 0 aliphatic heterocycles. The van der Waals surface area contributed by atoms with Crippen LogP contribution in [0.15, 0.2) is 18.2 Å². The largest absolute Gasteiger partial charge is 0.322 e. The Morgan fingerprint density at radius 1 is 0.818 bits per heavy atom. The van der Waals surface area contributed by atoms with E-state index in [-0.39, 0.29) is 5.91 Å². The van der Waals surface area contributed by atoms with E-state index in [2.05, 4.69) is 12.2 Å². The lowest BCUT2D eigenvalue weighted by molar-refractivity contribution is 0.102. The maximum atomic E-state index is 12.7. The van der Waals surface area contributed by atoms with E-state index in [1.54, 1.807) is 18.2 Å². The quantitative estimate of drug-likeness (QED) is 0.739. The molecule has 0 bridgehead atoms. The van der Waals surface area contributed by atoms with E-state index < -0.39 is 0 Å². The Morgan fingerprint density at radius 3 is 1.82 bits per heavy atom. The van der Waals surface area contributed by atoms with Gasteiger partial charge in [0.15, 0.2) is 0 Å². The van der Waals surface area contributed by atoms with Crippen molar-refractivity contribution in [3.63, 3.8) is 0 Å². The van der Waals surface area contributed by atoms with Gasteiger partial charge in [-0.2, -0.15) is 0 Å². The predicted octanol–water partition coefficient (Wildman–Crippen LogP) is 5.79. The Kier molecular flexibility index (Phi) is 4.84. The summed E-state index contributed by atoms with van der Waals surface area (Å²) in [6.07, 6.45) is 0. The maximum absolute atomic E-state index is 12.7. The van der Waals surface area contributed by atoms with Crippen LogP contribution in [0.4, 0.5) is 5.69 Å². The van der Waals surface area contributed by atoms with Crippen molar-refractivity contribution in [2.45, 2.75) is 34.6 Å². The van der Waals surface area contributed by atoms with Crippen molar-refractivity contribution in [3.8, 4) is 0 Å². The topological polar surface area (TPSA) is 29.1 Å². The minimum Gasteiger partial charge on any atom is -0.322 e. The number of rotatable bonds is 2. The van der Waals surface area contributed by atoms with Gasteiger partial charge in [-0.3, -0.25) is 4.79 Å². The SMILES string of the molecule is Cc1c(C)c(C)c(C(=O)Nc2ccc(Cl)c(Cl)c2)c(C)c1C. The molecule has 0 aliphatic rings. The fourth-order valence-electron chi connectivity index (χ4n) is 2.61. The zero-order valence-electron chi connectivity index (χ0n) is 13.4. The number of amides is 1. The Balaban J connectivity index is 2.44. The summed E-state index contributed by atoms with van der Waals surface area (Å²) < 4.78 is 0. The molecule has 0 aromatic heterocycles. The Hall–Kier alpha value is -1.51. The lowest BCUT2D eigenvalue weighted by Gasteiger charge is -2.18. The molecule has 1 amide bonds. The number of anilines is 1. The van der Waals surface area contributed by atoms with Gasteiger partial charge in [-0.05, 0) is 80.6 Å². The first-order valence-corrected chi connectivity index (χ1v) is 7.83. The average Bonchev–Trinajstić information content (AvgIpc) is 2.47. The molecule has 4 heteroatoms. The van der Waals surface area contributed by atoms with E-state index in [0.29, 0.717) is 15.7 Å². The van der Waals surface area contributed by atoms with E-state index >= 15 is 0 Å². The molecule has 2 nitrogen and oxygen atoms in total. The summed E-state index contributed by atoms with van der Waals surface area (Å²) >= 11 is 11.9. The standard InChI is InChI=1S/C18H19Cl2NO/c1-9-10(2)12(4)17(13(5)11(9)3)18(22)21-14-6-7-15(19)16(20)8-14/h6-8H,1-5H3,(H,21,22). The fraction of sp³-hybridized carbons (Fsp3) is 0.278. The van der Waals surface area contributed by atoms with Crippen LogP contribution in [0.2, 0.25) is 10.0 Å². The number of hydrogen-bond donors (Lipinski definition) is 1. The summed E-state index contributed by atoms with van der Waals surface area (Å²) in [5.74, 6) is -0.125. The molecule has 1 N–H and O–H groups in total. The van der Waals surface area contributed by atoms with Crippen molar-refractivity contribution >= 4 is 34.8 Å². The fourth-order valence-corrected chi connectivity index (χ4v) is 2.91. The van der Waals surface area contributed by atoms with Gasteiger partial charge in [0.25, 0.3) is 5.91 Å². The highest BCUT2D eigenvalue weighted by Crippen LogP contribution is 2.28. The van der Waals surface area contributed by atoms with Crippen LogP contribution in [0.1, 0.15) is 38.2 Å². The molecule has 0 fully saturated rings. The van der Waals surface area contributed by atoms with Crippen LogP contribution < -0.4 is 5.32 Å². The molecule has 0 radical (unpaired) electrons. The van der Waals surface area contributed by atoms with Crippen molar-refractivity contribution in [3.05, 3.63) is 61.6 Å². The van der Waals surface area contributed by atoms with Gasteiger partial charge in [0, 0.05) is 11.3 Å². The van der Waals surface area contributed by atoms with E-state index in [0.717, 1.165) is 27.8 Å². The van der Waals surface area contributed by atoms with Gasteiger partial charge in [0.1, 0.15) is 0 Å². The Bertz CT molecular complexity index is 737. The molecular formula is C18H19Cl2NO. The van der Waals surface area contributed by atoms with E-state index in [4.69, 9.17) is 23.2 Å². The first kappa shape index (κ1) is 16.9. The van der Waals surface area contributed by atoms with Gasteiger partial charge in [-0.15, -0.1) is 0 Å². The van der Waals surface area contributed by atoms with Crippen LogP contribution >= 0.6 is 23.2 Å². The van der Waals surface area contributed by atoms with Crippen LogP contribution in [0, 0.1) is 34.6 Å². The number of carbonyl (C=O) groups excluding carboxylic acids is 1. The molecule has 0 aliphatic carbocycles. The number of carbonyl (C=O) groups is 1. The molecule has 0 saturated carbocycles. The van der Waals surface area contributed by atoms with Crippen molar-refractivity contribution in [1.29, 1.82) is 0 Å². The second-order valence-electron chi connectivity index (χ2n) is 5.58. The Labute approximate surface area is 141 Å². The molecule has 0 heterocycles. The highest BCUT2D eigenvalue weighted by molar-refractivity contribution is 6.42. The summed E-state index contributed by atoms with van der Waals surface area (Å²) in [5, 5.41) is 3.79. The van der Waals surface area contributed by atoms with Gasteiger partial charge >= 0.3 is 0 Å².